The molecule has 0 spiro atoms. The average molecular weight is 283 g/mol. The Morgan fingerprint density at radius 2 is 1.81 bits per heavy atom. The first-order valence-electron chi connectivity index (χ1n) is 7.53. The van der Waals surface area contributed by atoms with Crippen molar-refractivity contribution in [1.82, 2.24) is 15.3 Å². The highest BCUT2D eigenvalue weighted by Crippen LogP contribution is 2.31. The van der Waals surface area contributed by atoms with Gasteiger partial charge >= 0.3 is 0 Å². The Bertz CT molecular complexity index is 625. The summed E-state index contributed by atoms with van der Waals surface area (Å²) in [4.78, 5) is 9.26. The number of piperidine rings is 1. The third-order valence-electron chi connectivity index (χ3n) is 4.13. The minimum atomic E-state index is 0.222. The standard InChI is InChI=1S/C17H21N3O/c1-11-16(14-8-5-6-10-18-14)12(2)20-17(19-11)13-7-3-4-9-15(13)21/h3-4,7,9,14,18,21H,5-6,8,10H2,1-2H3. The summed E-state index contributed by atoms with van der Waals surface area (Å²) in [5, 5.41) is 13.5. The summed E-state index contributed by atoms with van der Waals surface area (Å²) >= 11 is 0. The number of benzene rings is 1. The molecule has 0 bridgehead atoms. The van der Waals surface area contributed by atoms with Crippen molar-refractivity contribution in [1.29, 1.82) is 0 Å². The molecule has 1 fully saturated rings. The van der Waals surface area contributed by atoms with E-state index in [9.17, 15) is 5.11 Å². The fraction of sp³-hybridized carbons (Fsp3) is 0.412. The van der Waals surface area contributed by atoms with Gasteiger partial charge in [0, 0.05) is 23.0 Å². The third kappa shape index (κ3) is 2.76. The van der Waals surface area contributed by atoms with Gasteiger partial charge in [0.2, 0.25) is 0 Å². The minimum absolute atomic E-state index is 0.222. The number of phenols is 1. The van der Waals surface area contributed by atoms with Crippen LogP contribution < -0.4 is 5.32 Å². The van der Waals surface area contributed by atoms with E-state index in [1.807, 2.05) is 26.0 Å². The Kier molecular flexibility index (Phi) is 3.88. The van der Waals surface area contributed by atoms with Gasteiger partial charge in [-0.05, 0) is 45.4 Å². The number of rotatable bonds is 2. The first kappa shape index (κ1) is 14.0. The molecular formula is C17H21N3O. The lowest BCUT2D eigenvalue weighted by atomic mass is 9.95. The minimum Gasteiger partial charge on any atom is -0.507 e. The lowest BCUT2D eigenvalue weighted by Crippen LogP contribution is -2.28. The zero-order chi connectivity index (χ0) is 14.8. The molecule has 0 amide bonds. The van der Waals surface area contributed by atoms with Crippen LogP contribution >= 0.6 is 0 Å². The molecule has 1 aliphatic rings. The SMILES string of the molecule is Cc1nc(-c2ccccc2O)nc(C)c1C1CCCCN1. The summed E-state index contributed by atoms with van der Waals surface area (Å²) < 4.78 is 0. The van der Waals surface area contributed by atoms with Crippen LogP contribution in [0.1, 0.15) is 42.3 Å². The maximum atomic E-state index is 9.97. The fourth-order valence-electron chi connectivity index (χ4n) is 3.11. The molecule has 21 heavy (non-hydrogen) atoms. The van der Waals surface area contributed by atoms with Crippen LogP contribution in [0, 0.1) is 13.8 Å². The van der Waals surface area contributed by atoms with Crippen LogP contribution in [0.4, 0.5) is 0 Å². The maximum Gasteiger partial charge on any atom is 0.163 e. The number of phenolic OH excluding ortho intramolecular Hbond substituents is 1. The molecule has 0 saturated carbocycles. The zero-order valence-corrected chi connectivity index (χ0v) is 12.6. The topological polar surface area (TPSA) is 58.0 Å². The Balaban J connectivity index is 2.02. The molecule has 4 nitrogen and oxygen atoms in total. The van der Waals surface area contributed by atoms with Crippen molar-refractivity contribution < 1.29 is 5.11 Å². The van der Waals surface area contributed by atoms with Crippen LogP contribution in [0.5, 0.6) is 5.75 Å². The first-order chi connectivity index (χ1) is 10.2. The van der Waals surface area contributed by atoms with Crippen LogP contribution in [0.2, 0.25) is 0 Å². The van der Waals surface area contributed by atoms with E-state index in [0.29, 0.717) is 17.4 Å². The van der Waals surface area contributed by atoms with E-state index in [-0.39, 0.29) is 5.75 Å². The smallest absolute Gasteiger partial charge is 0.163 e. The normalized spacial score (nSPS) is 18.7. The van der Waals surface area contributed by atoms with E-state index in [2.05, 4.69) is 15.3 Å². The number of aromatic nitrogens is 2. The highest BCUT2D eigenvalue weighted by atomic mass is 16.3. The van der Waals surface area contributed by atoms with Crippen LogP contribution in [0.15, 0.2) is 24.3 Å². The molecule has 2 heterocycles. The second-order valence-electron chi connectivity index (χ2n) is 5.65. The summed E-state index contributed by atoms with van der Waals surface area (Å²) in [5.41, 5.74) is 3.90. The fourth-order valence-corrected chi connectivity index (χ4v) is 3.11. The van der Waals surface area contributed by atoms with Crippen molar-refractivity contribution >= 4 is 0 Å². The van der Waals surface area contributed by atoms with Crippen molar-refractivity contribution in [2.75, 3.05) is 6.54 Å². The summed E-state index contributed by atoms with van der Waals surface area (Å²) in [6.45, 7) is 5.12. The van der Waals surface area contributed by atoms with Gasteiger partial charge in [-0.3, -0.25) is 0 Å². The van der Waals surface area contributed by atoms with Crippen LogP contribution in [-0.4, -0.2) is 21.6 Å². The average Bonchev–Trinajstić information content (AvgIpc) is 2.48. The number of nitrogens with one attached hydrogen (secondary N) is 1. The van der Waals surface area contributed by atoms with Crippen molar-refractivity contribution in [3.63, 3.8) is 0 Å². The molecule has 2 N–H and O–H groups in total. The van der Waals surface area contributed by atoms with Gasteiger partial charge in [0.25, 0.3) is 0 Å². The molecule has 1 saturated heterocycles. The van der Waals surface area contributed by atoms with Crippen molar-refractivity contribution in [2.45, 2.75) is 39.2 Å². The number of nitrogens with zero attached hydrogens (tertiary/aromatic N) is 2. The van der Waals surface area contributed by atoms with Crippen molar-refractivity contribution in [3.8, 4) is 17.1 Å². The van der Waals surface area contributed by atoms with Gasteiger partial charge in [-0.25, -0.2) is 9.97 Å². The molecule has 2 aromatic rings. The number of para-hydroxylation sites is 1. The van der Waals surface area contributed by atoms with E-state index < -0.39 is 0 Å². The Morgan fingerprint density at radius 3 is 2.43 bits per heavy atom. The molecule has 0 radical (unpaired) electrons. The Morgan fingerprint density at radius 1 is 1.10 bits per heavy atom. The second-order valence-corrected chi connectivity index (χ2v) is 5.65. The van der Waals surface area contributed by atoms with E-state index in [1.54, 1.807) is 12.1 Å². The molecule has 0 aliphatic carbocycles. The molecule has 1 unspecified atom stereocenters. The molecule has 1 aromatic carbocycles. The first-order valence-corrected chi connectivity index (χ1v) is 7.53. The quantitative estimate of drug-likeness (QED) is 0.888. The van der Waals surface area contributed by atoms with Gasteiger partial charge in [0.15, 0.2) is 5.82 Å². The van der Waals surface area contributed by atoms with E-state index >= 15 is 0 Å². The summed E-state index contributed by atoms with van der Waals surface area (Å²) in [6.07, 6.45) is 3.63. The molecule has 3 rings (SSSR count). The third-order valence-corrected chi connectivity index (χ3v) is 4.13. The van der Waals surface area contributed by atoms with Gasteiger partial charge in [0.1, 0.15) is 5.75 Å². The molecule has 1 aliphatic heterocycles. The van der Waals surface area contributed by atoms with Crippen molar-refractivity contribution in [2.24, 2.45) is 0 Å². The molecular weight excluding hydrogens is 262 g/mol. The lowest BCUT2D eigenvalue weighted by molar-refractivity contribution is 0.407. The summed E-state index contributed by atoms with van der Waals surface area (Å²) in [6, 6.07) is 7.57. The molecule has 1 atom stereocenters. The van der Waals surface area contributed by atoms with Gasteiger partial charge in [-0.1, -0.05) is 18.6 Å². The van der Waals surface area contributed by atoms with Crippen LogP contribution in [0.25, 0.3) is 11.4 Å². The number of hydrogen-bond donors (Lipinski definition) is 2. The van der Waals surface area contributed by atoms with Gasteiger partial charge in [-0.2, -0.15) is 0 Å². The number of aromatic hydroxyl groups is 1. The second kappa shape index (κ2) is 5.82. The Hall–Kier alpha value is -1.94. The molecule has 4 heteroatoms. The maximum absolute atomic E-state index is 9.97. The van der Waals surface area contributed by atoms with Gasteiger partial charge in [-0.15, -0.1) is 0 Å². The summed E-state index contributed by atoms with van der Waals surface area (Å²) in [7, 11) is 0. The molecule has 110 valence electrons. The Labute approximate surface area is 125 Å². The highest BCUT2D eigenvalue weighted by Gasteiger charge is 2.21. The number of hydrogen-bond acceptors (Lipinski definition) is 4. The largest absolute Gasteiger partial charge is 0.507 e. The van der Waals surface area contributed by atoms with Gasteiger partial charge in [0.05, 0.1) is 5.56 Å². The van der Waals surface area contributed by atoms with Crippen LogP contribution in [0.3, 0.4) is 0 Å². The predicted molar refractivity (Wildman–Crippen MR) is 83.2 cm³/mol. The summed E-state index contributed by atoms with van der Waals surface area (Å²) in [5.74, 6) is 0.822. The van der Waals surface area contributed by atoms with Gasteiger partial charge < -0.3 is 10.4 Å². The highest BCUT2D eigenvalue weighted by molar-refractivity contribution is 5.63. The lowest BCUT2D eigenvalue weighted by Gasteiger charge is -2.26. The predicted octanol–water partition coefficient (Wildman–Crippen LogP) is 3.28. The monoisotopic (exact) mass is 283 g/mol. The molecule has 1 aromatic heterocycles. The zero-order valence-electron chi connectivity index (χ0n) is 12.6. The van der Waals surface area contributed by atoms with E-state index in [1.165, 1.54) is 18.4 Å². The van der Waals surface area contributed by atoms with Crippen molar-refractivity contribution in [3.05, 3.63) is 41.2 Å². The van der Waals surface area contributed by atoms with E-state index in [0.717, 1.165) is 24.4 Å². The number of aryl methyl sites for hydroxylation is 2. The van der Waals surface area contributed by atoms with E-state index in [4.69, 9.17) is 0 Å². The van der Waals surface area contributed by atoms with Crippen LogP contribution in [-0.2, 0) is 0 Å².